The first-order valence-electron chi connectivity index (χ1n) is 6.54. The third-order valence-corrected chi connectivity index (χ3v) is 3.96. The monoisotopic (exact) mass is 291 g/mol. The summed E-state index contributed by atoms with van der Waals surface area (Å²) in [5, 5.41) is 17.3. The average molecular weight is 292 g/mol. The molecular formula is C14H14ClN3O2. The highest BCUT2D eigenvalue weighted by Gasteiger charge is 2.27. The Morgan fingerprint density at radius 1 is 1.30 bits per heavy atom. The van der Waals surface area contributed by atoms with E-state index in [1.165, 1.54) is 6.42 Å². The molecule has 1 aromatic heterocycles. The molecule has 20 heavy (non-hydrogen) atoms. The van der Waals surface area contributed by atoms with Crippen LogP contribution >= 0.6 is 11.6 Å². The van der Waals surface area contributed by atoms with E-state index in [1.807, 2.05) is 4.57 Å². The highest BCUT2D eigenvalue weighted by Crippen LogP contribution is 2.36. The van der Waals surface area contributed by atoms with Gasteiger partial charge in [-0.2, -0.15) is 0 Å². The van der Waals surface area contributed by atoms with E-state index in [-0.39, 0.29) is 11.4 Å². The zero-order valence-electron chi connectivity index (χ0n) is 10.8. The van der Waals surface area contributed by atoms with Gasteiger partial charge in [0.2, 0.25) is 0 Å². The fourth-order valence-electron chi connectivity index (χ4n) is 2.38. The molecule has 3 rings (SSSR count). The second-order valence-corrected chi connectivity index (χ2v) is 5.19. The Kier molecular flexibility index (Phi) is 3.44. The number of hydrogen-bond donors (Lipinski definition) is 1. The van der Waals surface area contributed by atoms with Crippen LogP contribution in [0.15, 0.2) is 24.3 Å². The van der Waals surface area contributed by atoms with E-state index in [9.17, 15) is 4.79 Å². The van der Waals surface area contributed by atoms with Gasteiger partial charge in [0.15, 0.2) is 5.82 Å². The molecule has 0 bridgehead atoms. The minimum atomic E-state index is -0.933. The smallest absolute Gasteiger partial charge is 0.335 e. The highest BCUT2D eigenvalue weighted by molar-refractivity contribution is 6.16. The largest absolute Gasteiger partial charge is 0.478 e. The number of rotatable bonds is 4. The summed E-state index contributed by atoms with van der Waals surface area (Å²) < 4.78 is 1.95. The molecule has 0 aliphatic heterocycles. The Morgan fingerprint density at radius 3 is 2.50 bits per heavy atom. The maximum atomic E-state index is 10.9. The zero-order valence-corrected chi connectivity index (χ0v) is 11.5. The molecule has 2 aromatic rings. The second kappa shape index (κ2) is 5.25. The van der Waals surface area contributed by atoms with Gasteiger partial charge in [-0.25, -0.2) is 4.79 Å². The van der Waals surface area contributed by atoms with Crippen molar-refractivity contribution in [3.05, 3.63) is 41.5 Å². The van der Waals surface area contributed by atoms with E-state index in [2.05, 4.69) is 10.2 Å². The van der Waals surface area contributed by atoms with Crippen molar-refractivity contribution in [2.24, 2.45) is 0 Å². The Morgan fingerprint density at radius 2 is 2.00 bits per heavy atom. The molecule has 1 fully saturated rings. The lowest BCUT2D eigenvalue weighted by molar-refractivity contribution is 0.0697. The molecule has 1 heterocycles. The van der Waals surface area contributed by atoms with Crippen LogP contribution in [0.2, 0.25) is 0 Å². The van der Waals surface area contributed by atoms with Gasteiger partial charge in [0.25, 0.3) is 0 Å². The molecule has 0 atom stereocenters. The van der Waals surface area contributed by atoms with Crippen molar-refractivity contribution in [1.29, 1.82) is 0 Å². The van der Waals surface area contributed by atoms with Gasteiger partial charge in [-0.3, -0.25) is 4.57 Å². The molecule has 5 nitrogen and oxygen atoms in total. The third-order valence-electron chi connectivity index (χ3n) is 3.72. The second-order valence-electron chi connectivity index (χ2n) is 4.92. The van der Waals surface area contributed by atoms with Gasteiger partial charge in [-0.15, -0.1) is 21.8 Å². The molecule has 1 N–H and O–H groups in total. The molecule has 0 spiro atoms. The van der Waals surface area contributed by atoms with Crippen LogP contribution < -0.4 is 0 Å². The number of carboxylic acid groups (broad SMARTS) is 1. The first-order valence-corrected chi connectivity index (χ1v) is 7.08. The summed E-state index contributed by atoms with van der Waals surface area (Å²) >= 11 is 5.93. The van der Waals surface area contributed by atoms with Gasteiger partial charge in [-0.05, 0) is 37.1 Å². The van der Waals surface area contributed by atoms with Gasteiger partial charge >= 0.3 is 5.97 Å². The Hall–Kier alpha value is -1.88. The van der Waals surface area contributed by atoms with E-state index in [0.29, 0.717) is 11.7 Å². The number of hydrogen-bond acceptors (Lipinski definition) is 3. The summed E-state index contributed by atoms with van der Waals surface area (Å²) in [6.45, 7) is 0. The van der Waals surface area contributed by atoms with Gasteiger partial charge < -0.3 is 5.11 Å². The SMILES string of the molecule is O=C(O)c1ccc(-n2c(CCl)nnc2C2CCC2)cc1. The number of aromatic nitrogens is 3. The van der Waals surface area contributed by atoms with Gasteiger partial charge in [0.05, 0.1) is 11.4 Å². The van der Waals surface area contributed by atoms with E-state index < -0.39 is 5.97 Å². The lowest BCUT2D eigenvalue weighted by Crippen LogP contribution is -2.15. The van der Waals surface area contributed by atoms with Crippen molar-refractivity contribution < 1.29 is 9.90 Å². The molecule has 0 radical (unpaired) electrons. The topological polar surface area (TPSA) is 68.0 Å². The third kappa shape index (κ3) is 2.18. The van der Waals surface area contributed by atoms with Crippen LogP contribution in [0.5, 0.6) is 0 Å². The number of nitrogens with zero attached hydrogens (tertiary/aromatic N) is 3. The lowest BCUT2D eigenvalue weighted by Gasteiger charge is -2.25. The molecule has 104 valence electrons. The van der Waals surface area contributed by atoms with Crippen LogP contribution in [-0.2, 0) is 5.88 Å². The normalized spacial score (nSPS) is 15.1. The van der Waals surface area contributed by atoms with Crippen LogP contribution in [0.1, 0.15) is 47.2 Å². The fraction of sp³-hybridized carbons (Fsp3) is 0.357. The predicted molar refractivity (Wildman–Crippen MR) is 74.5 cm³/mol. The molecule has 6 heteroatoms. The maximum Gasteiger partial charge on any atom is 0.335 e. The summed E-state index contributed by atoms with van der Waals surface area (Å²) in [7, 11) is 0. The lowest BCUT2D eigenvalue weighted by atomic mass is 9.85. The molecule has 0 unspecified atom stereocenters. The summed E-state index contributed by atoms with van der Waals surface area (Å²) in [5.41, 5.74) is 1.12. The quantitative estimate of drug-likeness (QED) is 0.879. The van der Waals surface area contributed by atoms with Crippen molar-refractivity contribution in [3.63, 3.8) is 0 Å². The number of aromatic carboxylic acids is 1. The fourth-order valence-corrected chi connectivity index (χ4v) is 2.56. The average Bonchev–Trinajstić information content (AvgIpc) is 2.80. The summed E-state index contributed by atoms with van der Waals surface area (Å²) in [6.07, 6.45) is 3.45. The van der Waals surface area contributed by atoms with E-state index in [0.717, 1.165) is 24.4 Å². The highest BCUT2D eigenvalue weighted by atomic mass is 35.5. The van der Waals surface area contributed by atoms with Crippen LogP contribution in [0, 0.1) is 0 Å². The van der Waals surface area contributed by atoms with Crippen LogP contribution in [0.4, 0.5) is 0 Å². The van der Waals surface area contributed by atoms with Crippen molar-refractivity contribution in [1.82, 2.24) is 14.8 Å². The number of halogens is 1. The summed E-state index contributed by atoms with van der Waals surface area (Å²) in [5.74, 6) is 1.39. The Bertz CT molecular complexity index is 632. The Balaban J connectivity index is 2.03. The summed E-state index contributed by atoms with van der Waals surface area (Å²) in [4.78, 5) is 10.9. The number of carboxylic acids is 1. The predicted octanol–water partition coefficient (Wildman–Crippen LogP) is 2.97. The molecule has 0 amide bonds. The van der Waals surface area contributed by atoms with Crippen molar-refractivity contribution in [2.45, 2.75) is 31.1 Å². The molecule has 1 aliphatic carbocycles. The Labute approximate surface area is 121 Å². The molecule has 1 aromatic carbocycles. The van der Waals surface area contributed by atoms with Crippen LogP contribution in [-0.4, -0.2) is 25.8 Å². The molecule has 0 saturated heterocycles. The summed E-state index contributed by atoms with van der Waals surface area (Å²) in [6, 6.07) is 6.70. The van der Waals surface area contributed by atoms with Crippen LogP contribution in [0.25, 0.3) is 5.69 Å². The maximum absolute atomic E-state index is 10.9. The molecule has 1 saturated carbocycles. The first-order chi connectivity index (χ1) is 9.70. The van der Waals surface area contributed by atoms with E-state index in [4.69, 9.17) is 16.7 Å². The number of carbonyl (C=O) groups is 1. The van der Waals surface area contributed by atoms with E-state index in [1.54, 1.807) is 24.3 Å². The standard InChI is InChI=1S/C14H14ClN3O2/c15-8-12-16-17-13(9-2-1-3-9)18(12)11-6-4-10(5-7-11)14(19)20/h4-7,9H,1-3,8H2,(H,19,20). The van der Waals surface area contributed by atoms with Crippen LogP contribution in [0.3, 0.4) is 0 Å². The number of alkyl halides is 1. The minimum Gasteiger partial charge on any atom is -0.478 e. The first kappa shape index (κ1) is 13.1. The van der Waals surface area contributed by atoms with Crippen molar-refractivity contribution >= 4 is 17.6 Å². The minimum absolute atomic E-state index is 0.263. The molecule has 1 aliphatic rings. The molecular weight excluding hydrogens is 278 g/mol. The zero-order chi connectivity index (χ0) is 14.1. The van der Waals surface area contributed by atoms with Gasteiger partial charge in [-0.1, -0.05) is 6.42 Å². The van der Waals surface area contributed by atoms with E-state index >= 15 is 0 Å². The van der Waals surface area contributed by atoms with Gasteiger partial charge in [0, 0.05) is 11.6 Å². The van der Waals surface area contributed by atoms with Crippen molar-refractivity contribution in [2.75, 3.05) is 0 Å². The van der Waals surface area contributed by atoms with Crippen molar-refractivity contribution in [3.8, 4) is 5.69 Å². The number of benzene rings is 1. The van der Waals surface area contributed by atoms with Gasteiger partial charge in [0.1, 0.15) is 5.82 Å².